The lowest BCUT2D eigenvalue weighted by molar-refractivity contribution is 0.439. The molecule has 0 heterocycles. The van der Waals surface area contributed by atoms with Crippen molar-refractivity contribution < 1.29 is 13.2 Å². The number of rotatable bonds is 3. The van der Waals surface area contributed by atoms with Gasteiger partial charge in [0.15, 0.2) is 11.6 Å². The molecule has 1 aromatic carbocycles. The normalized spacial score (nSPS) is 11.9. The highest BCUT2D eigenvalue weighted by molar-refractivity contribution is 7.98. The lowest BCUT2D eigenvalue weighted by atomic mass is 9.96. The molecule has 16 heavy (non-hydrogen) atoms. The maximum Gasteiger partial charge on any atom is 0.175 e. The van der Waals surface area contributed by atoms with Crippen molar-refractivity contribution in [3.05, 3.63) is 29.1 Å². The van der Waals surface area contributed by atoms with Crippen molar-refractivity contribution in [2.45, 2.75) is 30.7 Å². The van der Waals surface area contributed by atoms with Crippen LogP contribution in [0, 0.1) is 17.5 Å². The van der Waals surface area contributed by atoms with Crippen molar-refractivity contribution in [2.75, 3.05) is 6.26 Å². The molecule has 0 amide bonds. The summed E-state index contributed by atoms with van der Waals surface area (Å²) in [7, 11) is 0. The van der Waals surface area contributed by atoms with Gasteiger partial charge in [-0.15, -0.1) is 11.8 Å². The van der Waals surface area contributed by atoms with E-state index in [9.17, 15) is 13.2 Å². The molecule has 5 heteroatoms. The molecule has 0 aliphatic rings. The summed E-state index contributed by atoms with van der Waals surface area (Å²) in [6, 6.07) is 1.01. The van der Waals surface area contributed by atoms with E-state index in [-0.39, 0.29) is 16.9 Å². The molecule has 0 saturated heterocycles. The molecule has 0 fully saturated rings. The Morgan fingerprint density at radius 2 is 1.81 bits per heavy atom. The van der Waals surface area contributed by atoms with Gasteiger partial charge in [-0.3, -0.25) is 0 Å². The Labute approximate surface area is 97.2 Å². The topological polar surface area (TPSA) is 26.0 Å². The van der Waals surface area contributed by atoms with Crippen LogP contribution in [0.1, 0.15) is 19.4 Å². The fraction of sp³-hybridized carbons (Fsp3) is 0.455. The second kappa shape index (κ2) is 4.67. The molecule has 0 spiro atoms. The van der Waals surface area contributed by atoms with E-state index in [1.807, 2.05) is 0 Å². The molecule has 0 unspecified atom stereocenters. The summed E-state index contributed by atoms with van der Waals surface area (Å²) < 4.78 is 40.4. The molecule has 0 radical (unpaired) electrons. The predicted molar refractivity (Wildman–Crippen MR) is 60.1 cm³/mol. The summed E-state index contributed by atoms with van der Waals surface area (Å²) in [6.45, 7) is 3.34. The molecule has 2 N–H and O–H groups in total. The van der Waals surface area contributed by atoms with Crippen LogP contribution in [0.4, 0.5) is 13.2 Å². The van der Waals surface area contributed by atoms with Crippen LogP contribution in [0.15, 0.2) is 11.0 Å². The van der Waals surface area contributed by atoms with E-state index in [0.717, 1.165) is 17.8 Å². The first kappa shape index (κ1) is 13.4. The van der Waals surface area contributed by atoms with Gasteiger partial charge in [0.25, 0.3) is 0 Å². The first-order chi connectivity index (χ1) is 7.26. The number of hydrogen-bond donors (Lipinski definition) is 1. The molecule has 0 aliphatic carbocycles. The lowest BCUT2D eigenvalue weighted by Gasteiger charge is -2.19. The number of nitrogens with two attached hydrogens (primary N) is 1. The summed E-state index contributed by atoms with van der Waals surface area (Å²) in [6.07, 6.45) is 1.58. The highest BCUT2D eigenvalue weighted by Gasteiger charge is 2.21. The SMILES string of the molecule is CSc1c(F)cc(CC(C)(C)N)c(F)c1F. The monoisotopic (exact) mass is 249 g/mol. The zero-order chi connectivity index (χ0) is 12.5. The fourth-order valence-corrected chi connectivity index (χ4v) is 1.96. The Bertz CT molecular complexity index is 399. The summed E-state index contributed by atoms with van der Waals surface area (Å²) in [5, 5.41) is 0. The minimum absolute atomic E-state index is 0.0275. The first-order valence-corrected chi connectivity index (χ1v) is 5.98. The van der Waals surface area contributed by atoms with Crippen LogP contribution >= 0.6 is 11.8 Å². The highest BCUT2D eigenvalue weighted by atomic mass is 32.2. The summed E-state index contributed by atoms with van der Waals surface area (Å²) in [4.78, 5) is -0.295. The summed E-state index contributed by atoms with van der Waals surface area (Å²) >= 11 is 0.842. The molecule has 0 saturated carbocycles. The molecule has 1 nitrogen and oxygen atoms in total. The zero-order valence-corrected chi connectivity index (χ0v) is 10.2. The number of thioether (sulfide) groups is 1. The largest absolute Gasteiger partial charge is 0.325 e. The first-order valence-electron chi connectivity index (χ1n) is 4.75. The molecule has 90 valence electrons. The predicted octanol–water partition coefficient (Wildman–Crippen LogP) is 3.11. The number of halogens is 3. The molecule has 1 rings (SSSR count). The van der Waals surface area contributed by atoms with Gasteiger partial charge in [0.1, 0.15) is 5.82 Å². The summed E-state index contributed by atoms with van der Waals surface area (Å²) in [5.74, 6) is -2.89. The minimum atomic E-state index is -1.13. The Morgan fingerprint density at radius 1 is 1.25 bits per heavy atom. The van der Waals surface area contributed by atoms with Crippen molar-refractivity contribution in [1.29, 1.82) is 0 Å². The van der Waals surface area contributed by atoms with Crippen molar-refractivity contribution in [3.8, 4) is 0 Å². The zero-order valence-electron chi connectivity index (χ0n) is 9.40. The third-order valence-corrected chi connectivity index (χ3v) is 2.82. The van der Waals surface area contributed by atoms with E-state index < -0.39 is 23.0 Å². The van der Waals surface area contributed by atoms with Gasteiger partial charge in [-0.2, -0.15) is 0 Å². The van der Waals surface area contributed by atoms with Crippen LogP contribution in [0.5, 0.6) is 0 Å². The van der Waals surface area contributed by atoms with Gasteiger partial charge in [-0.25, -0.2) is 13.2 Å². The molecule has 0 bridgehead atoms. The van der Waals surface area contributed by atoms with Gasteiger partial charge in [0, 0.05) is 5.54 Å². The molecular formula is C11H14F3NS. The van der Waals surface area contributed by atoms with Crippen LogP contribution in [-0.4, -0.2) is 11.8 Å². The number of hydrogen-bond acceptors (Lipinski definition) is 2. The molecule has 1 aromatic rings. The Morgan fingerprint density at radius 3 is 2.25 bits per heavy atom. The van der Waals surface area contributed by atoms with E-state index in [4.69, 9.17) is 5.73 Å². The average molecular weight is 249 g/mol. The Balaban J connectivity index is 3.23. The quantitative estimate of drug-likeness (QED) is 0.658. The minimum Gasteiger partial charge on any atom is -0.325 e. The van der Waals surface area contributed by atoms with Crippen LogP contribution in [0.3, 0.4) is 0 Å². The van der Waals surface area contributed by atoms with Crippen molar-refractivity contribution >= 4 is 11.8 Å². The molecule has 0 atom stereocenters. The maximum absolute atomic E-state index is 13.5. The number of benzene rings is 1. The second-order valence-corrected chi connectivity index (χ2v) is 5.16. The van der Waals surface area contributed by atoms with E-state index in [1.165, 1.54) is 6.26 Å². The van der Waals surface area contributed by atoms with Gasteiger partial charge in [-0.05, 0) is 38.2 Å². The third kappa shape index (κ3) is 2.92. The Hall–Kier alpha value is -0.680. The van der Waals surface area contributed by atoms with E-state index >= 15 is 0 Å². The van der Waals surface area contributed by atoms with E-state index in [1.54, 1.807) is 13.8 Å². The highest BCUT2D eigenvalue weighted by Crippen LogP contribution is 2.28. The van der Waals surface area contributed by atoms with Crippen molar-refractivity contribution in [2.24, 2.45) is 5.73 Å². The van der Waals surface area contributed by atoms with Crippen LogP contribution in [0.25, 0.3) is 0 Å². The van der Waals surface area contributed by atoms with Crippen LogP contribution in [0.2, 0.25) is 0 Å². The van der Waals surface area contributed by atoms with Crippen LogP contribution in [-0.2, 0) is 6.42 Å². The third-order valence-electron chi connectivity index (χ3n) is 2.04. The lowest BCUT2D eigenvalue weighted by Crippen LogP contribution is -2.35. The van der Waals surface area contributed by atoms with Gasteiger partial charge < -0.3 is 5.73 Å². The van der Waals surface area contributed by atoms with Crippen LogP contribution < -0.4 is 5.73 Å². The fourth-order valence-electron chi connectivity index (χ4n) is 1.43. The average Bonchev–Trinajstić information content (AvgIpc) is 2.12. The smallest absolute Gasteiger partial charge is 0.175 e. The van der Waals surface area contributed by atoms with E-state index in [2.05, 4.69) is 0 Å². The maximum atomic E-state index is 13.5. The van der Waals surface area contributed by atoms with Gasteiger partial charge in [-0.1, -0.05) is 0 Å². The van der Waals surface area contributed by atoms with Crippen molar-refractivity contribution in [1.82, 2.24) is 0 Å². The van der Waals surface area contributed by atoms with Gasteiger partial charge >= 0.3 is 0 Å². The second-order valence-electron chi connectivity index (χ2n) is 4.34. The van der Waals surface area contributed by atoms with E-state index in [0.29, 0.717) is 0 Å². The van der Waals surface area contributed by atoms with Gasteiger partial charge in [0.05, 0.1) is 4.90 Å². The van der Waals surface area contributed by atoms with Gasteiger partial charge in [0.2, 0.25) is 0 Å². The molecule has 0 aliphatic heterocycles. The Kier molecular flexibility index (Phi) is 3.91. The standard InChI is InChI=1S/C11H14F3NS/c1-11(2,15)5-6-4-7(12)10(16-3)9(14)8(6)13/h4H,5,15H2,1-3H3. The summed E-state index contributed by atoms with van der Waals surface area (Å²) in [5.41, 5.74) is 4.96. The molecule has 0 aromatic heterocycles. The molecular weight excluding hydrogens is 235 g/mol. The van der Waals surface area contributed by atoms with Crippen molar-refractivity contribution in [3.63, 3.8) is 0 Å².